The van der Waals surface area contributed by atoms with E-state index < -0.39 is 0 Å². The van der Waals surface area contributed by atoms with Gasteiger partial charge < -0.3 is 4.74 Å². The Balaban J connectivity index is 1.62. The Morgan fingerprint density at radius 1 is 1.05 bits per heavy atom. The number of ketones is 1. The molecule has 2 aliphatic rings. The van der Waals surface area contributed by atoms with Crippen LogP contribution in [0.1, 0.15) is 43.0 Å². The van der Waals surface area contributed by atoms with E-state index in [-0.39, 0.29) is 17.7 Å². The zero-order valence-corrected chi connectivity index (χ0v) is 11.1. The molecule has 0 bridgehead atoms. The summed E-state index contributed by atoms with van der Waals surface area (Å²) in [5.74, 6) is 1.72. The van der Waals surface area contributed by atoms with Gasteiger partial charge in [0.2, 0.25) is 0 Å². The molecule has 100 valence electrons. The third-order valence-electron chi connectivity index (χ3n) is 4.41. The first-order valence-corrected chi connectivity index (χ1v) is 6.99. The molecule has 1 aromatic rings. The molecule has 3 rings (SSSR count). The molecule has 0 aliphatic heterocycles. The average Bonchev–Trinajstić information content (AvgIpc) is 3.13. The van der Waals surface area contributed by atoms with Crippen molar-refractivity contribution in [3.05, 3.63) is 29.8 Å². The van der Waals surface area contributed by atoms with E-state index in [0.717, 1.165) is 0 Å². The fourth-order valence-corrected chi connectivity index (χ4v) is 3.28. The minimum absolute atomic E-state index is 0.0195. The standard InChI is InChI=1S/C16H18O3/c1-10(17)11-6-8-12(9-7-11)19-16(18)15-13-4-2-3-5-14(13)15/h6-9,13-15H,2-5H2,1H3. The minimum atomic E-state index is -0.0903. The van der Waals surface area contributed by atoms with Crippen molar-refractivity contribution in [1.29, 1.82) is 0 Å². The SMILES string of the molecule is CC(=O)c1ccc(OC(=O)C2C3CCCCC32)cc1. The van der Waals surface area contributed by atoms with Gasteiger partial charge in [0.05, 0.1) is 5.92 Å². The lowest BCUT2D eigenvalue weighted by Gasteiger charge is -2.04. The number of benzene rings is 1. The number of carbonyl (C=O) groups excluding carboxylic acids is 2. The van der Waals surface area contributed by atoms with Crippen LogP contribution in [-0.2, 0) is 4.79 Å². The summed E-state index contributed by atoms with van der Waals surface area (Å²) in [4.78, 5) is 23.2. The number of hydrogen-bond acceptors (Lipinski definition) is 3. The summed E-state index contributed by atoms with van der Waals surface area (Å²) < 4.78 is 5.41. The van der Waals surface area contributed by atoms with Crippen molar-refractivity contribution in [2.45, 2.75) is 32.6 Å². The predicted octanol–water partition coefficient (Wildman–Crippen LogP) is 3.23. The van der Waals surface area contributed by atoms with Crippen LogP contribution in [0.3, 0.4) is 0 Å². The van der Waals surface area contributed by atoms with Crippen LogP contribution in [0.4, 0.5) is 0 Å². The molecule has 1 aromatic carbocycles. The molecule has 0 heterocycles. The Kier molecular flexibility index (Phi) is 3.13. The molecule has 0 spiro atoms. The van der Waals surface area contributed by atoms with Gasteiger partial charge in [0, 0.05) is 5.56 Å². The maximum absolute atomic E-state index is 12.1. The van der Waals surface area contributed by atoms with Crippen molar-refractivity contribution in [2.75, 3.05) is 0 Å². The lowest BCUT2D eigenvalue weighted by Crippen LogP contribution is -2.12. The molecule has 0 aromatic heterocycles. The number of carbonyl (C=O) groups is 2. The lowest BCUT2D eigenvalue weighted by molar-refractivity contribution is -0.136. The van der Waals surface area contributed by atoms with Crippen LogP contribution in [0, 0.1) is 17.8 Å². The second-order valence-electron chi connectivity index (χ2n) is 5.64. The number of ether oxygens (including phenoxy) is 1. The van der Waals surface area contributed by atoms with Crippen molar-refractivity contribution >= 4 is 11.8 Å². The highest BCUT2D eigenvalue weighted by molar-refractivity contribution is 5.94. The number of fused-ring (bicyclic) bond motifs is 1. The number of esters is 1. The largest absolute Gasteiger partial charge is 0.426 e. The molecular formula is C16H18O3. The summed E-state index contributed by atoms with van der Waals surface area (Å²) in [6.07, 6.45) is 4.85. The second-order valence-corrected chi connectivity index (χ2v) is 5.64. The van der Waals surface area contributed by atoms with Gasteiger partial charge in [-0.05, 0) is 55.9 Å². The molecule has 2 fully saturated rings. The third kappa shape index (κ3) is 2.42. The Hall–Kier alpha value is -1.64. The van der Waals surface area contributed by atoms with Gasteiger partial charge in [0.15, 0.2) is 5.78 Å². The highest BCUT2D eigenvalue weighted by Gasteiger charge is 2.55. The number of hydrogen-bond donors (Lipinski definition) is 0. The normalized spacial score (nSPS) is 28.4. The molecule has 19 heavy (non-hydrogen) atoms. The molecular weight excluding hydrogens is 240 g/mol. The van der Waals surface area contributed by atoms with Gasteiger partial charge in [-0.1, -0.05) is 12.8 Å². The Morgan fingerprint density at radius 3 is 2.16 bits per heavy atom. The Labute approximate surface area is 113 Å². The fourth-order valence-electron chi connectivity index (χ4n) is 3.28. The summed E-state index contributed by atoms with van der Waals surface area (Å²) in [6, 6.07) is 6.79. The van der Waals surface area contributed by atoms with E-state index in [1.54, 1.807) is 24.3 Å². The topological polar surface area (TPSA) is 43.4 Å². The molecule has 2 aliphatic carbocycles. The summed E-state index contributed by atoms with van der Waals surface area (Å²) in [6.45, 7) is 1.52. The quantitative estimate of drug-likeness (QED) is 0.475. The predicted molar refractivity (Wildman–Crippen MR) is 71.0 cm³/mol. The maximum atomic E-state index is 12.1. The highest BCUT2D eigenvalue weighted by Crippen LogP contribution is 2.55. The summed E-state index contributed by atoms with van der Waals surface area (Å²) in [5.41, 5.74) is 0.639. The molecule has 0 radical (unpaired) electrons. The van der Waals surface area contributed by atoms with Crippen LogP contribution in [-0.4, -0.2) is 11.8 Å². The van der Waals surface area contributed by atoms with Gasteiger partial charge in [0.1, 0.15) is 5.75 Å². The van der Waals surface area contributed by atoms with Gasteiger partial charge in [-0.15, -0.1) is 0 Å². The van der Waals surface area contributed by atoms with Crippen LogP contribution in [0.5, 0.6) is 5.75 Å². The Morgan fingerprint density at radius 2 is 1.63 bits per heavy atom. The first kappa shape index (κ1) is 12.4. The number of rotatable bonds is 3. The van der Waals surface area contributed by atoms with Crippen molar-refractivity contribution in [3.63, 3.8) is 0 Å². The molecule has 0 amide bonds. The van der Waals surface area contributed by atoms with Crippen LogP contribution in [0.2, 0.25) is 0 Å². The molecule has 0 N–H and O–H groups in total. The van der Waals surface area contributed by atoms with E-state index in [0.29, 0.717) is 23.1 Å². The molecule has 3 nitrogen and oxygen atoms in total. The van der Waals surface area contributed by atoms with E-state index in [9.17, 15) is 9.59 Å². The van der Waals surface area contributed by atoms with Crippen LogP contribution < -0.4 is 4.74 Å². The van der Waals surface area contributed by atoms with Crippen LogP contribution in [0.25, 0.3) is 0 Å². The first-order valence-electron chi connectivity index (χ1n) is 6.99. The summed E-state index contributed by atoms with van der Waals surface area (Å²) in [7, 11) is 0. The van der Waals surface area contributed by atoms with E-state index in [4.69, 9.17) is 4.74 Å². The summed E-state index contributed by atoms with van der Waals surface area (Å²) in [5, 5.41) is 0. The van der Waals surface area contributed by atoms with E-state index in [1.165, 1.54) is 32.6 Å². The number of Topliss-reactive ketones (excluding diaryl/α,β-unsaturated/α-hetero) is 1. The third-order valence-corrected chi connectivity index (χ3v) is 4.41. The van der Waals surface area contributed by atoms with Crippen molar-refractivity contribution in [2.24, 2.45) is 17.8 Å². The second kappa shape index (κ2) is 4.80. The monoisotopic (exact) mass is 258 g/mol. The fraction of sp³-hybridized carbons (Fsp3) is 0.500. The van der Waals surface area contributed by atoms with Gasteiger partial charge >= 0.3 is 5.97 Å². The highest BCUT2D eigenvalue weighted by atomic mass is 16.5. The molecule has 2 atom stereocenters. The minimum Gasteiger partial charge on any atom is -0.426 e. The zero-order chi connectivity index (χ0) is 13.4. The van der Waals surface area contributed by atoms with Crippen LogP contribution >= 0.6 is 0 Å². The molecule has 3 heteroatoms. The average molecular weight is 258 g/mol. The van der Waals surface area contributed by atoms with Crippen molar-refractivity contribution in [1.82, 2.24) is 0 Å². The lowest BCUT2D eigenvalue weighted by atomic mass is 10.0. The summed E-state index contributed by atoms with van der Waals surface area (Å²) >= 11 is 0. The van der Waals surface area contributed by atoms with E-state index >= 15 is 0 Å². The van der Waals surface area contributed by atoms with Gasteiger partial charge in [-0.25, -0.2) is 0 Å². The maximum Gasteiger partial charge on any atom is 0.314 e. The smallest absolute Gasteiger partial charge is 0.314 e. The van der Waals surface area contributed by atoms with Crippen LogP contribution in [0.15, 0.2) is 24.3 Å². The first-order chi connectivity index (χ1) is 9.16. The Bertz CT molecular complexity index is 491. The van der Waals surface area contributed by atoms with Gasteiger partial charge in [0.25, 0.3) is 0 Å². The molecule has 0 saturated heterocycles. The van der Waals surface area contributed by atoms with E-state index in [1.807, 2.05) is 0 Å². The van der Waals surface area contributed by atoms with Crippen molar-refractivity contribution in [3.8, 4) is 5.75 Å². The van der Waals surface area contributed by atoms with E-state index in [2.05, 4.69) is 0 Å². The van der Waals surface area contributed by atoms with Gasteiger partial charge in [-0.2, -0.15) is 0 Å². The zero-order valence-electron chi connectivity index (χ0n) is 11.1. The molecule has 2 unspecified atom stereocenters. The molecule has 2 saturated carbocycles. The van der Waals surface area contributed by atoms with Gasteiger partial charge in [-0.3, -0.25) is 9.59 Å². The van der Waals surface area contributed by atoms with Crippen molar-refractivity contribution < 1.29 is 14.3 Å².